The number of phenols is 3. The normalized spacial score (nSPS) is 27.6. The van der Waals surface area contributed by atoms with Gasteiger partial charge in [-0.25, -0.2) is 9.78 Å². The summed E-state index contributed by atoms with van der Waals surface area (Å²) in [6.07, 6.45) is -16.7. The molecule has 60 heavy (non-hydrogen) atoms. The van der Waals surface area contributed by atoms with Crippen molar-refractivity contribution in [1.29, 1.82) is 0 Å². The minimum absolute atomic E-state index is 0.0566. The lowest BCUT2D eigenvalue weighted by Crippen LogP contribution is -2.61. The van der Waals surface area contributed by atoms with Gasteiger partial charge in [0.25, 0.3) is 5.56 Å². The number of nitrogens with zero attached hydrogens (tertiary/aromatic N) is 4. The molecule has 3 aromatic heterocycles. The first-order chi connectivity index (χ1) is 28.4. The molecule has 0 aliphatic carbocycles. The van der Waals surface area contributed by atoms with E-state index < -0.39 is 132 Å². The Morgan fingerprint density at radius 1 is 0.817 bits per heavy atom. The average molecular weight is 847 g/mol. The van der Waals surface area contributed by atoms with Gasteiger partial charge in [0, 0.05) is 31.8 Å². The Morgan fingerprint density at radius 3 is 2.23 bits per heavy atom. The van der Waals surface area contributed by atoms with Crippen molar-refractivity contribution in [3.8, 4) is 40.1 Å². The van der Waals surface area contributed by atoms with E-state index in [1.54, 1.807) is 0 Å². The topological polar surface area (TPSA) is 340 Å². The predicted molar refractivity (Wildman–Crippen MR) is 200 cm³/mol. The molecule has 23 nitrogen and oxygen atoms in total. The van der Waals surface area contributed by atoms with Gasteiger partial charge in [0.05, 0.1) is 25.6 Å². The van der Waals surface area contributed by atoms with Crippen molar-refractivity contribution in [2.45, 2.75) is 81.0 Å². The first kappa shape index (κ1) is 42.5. The summed E-state index contributed by atoms with van der Waals surface area (Å²) in [7, 11) is 2.74. The fourth-order valence-corrected chi connectivity index (χ4v) is 6.92. The van der Waals surface area contributed by atoms with Crippen molar-refractivity contribution in [3.05, 3.63) is 67.7 Å². The third-order valence-electron chi connectivity index (χ3n) is 10.3. The third kappa shape index (κ3) is 7.66. The molecule has 0 spiro atoms. The van der Waals surface area contributed by atoms with Crippen LogP contribution < -0.4 is 26.2 Å². The molecule has 324 valence electrons. The maximum atomic E-state index is 14.2. The summed E-state index contributed by atoms with van der Waals surface area (Å²) in [4.78, 5) is 43.4. The van der Waals surface area contributed by atoms with Crippen LogP contribution in [0.1, 0.15) is 6.92 Å². The molecule has 5 heterocycles. The predicted octanol–water partition coefficient (Wildman–Crippen LogP) is -3.21. The molecule has 11 atom stereocenters. The largest absolute Gasteiger partial charge is 0.507 e. The molecule has 2 aromatic carbocycles. The third-order valence-corrected chi connectivity index (χ3v) is 10.3. The van der Waals surface area contributed by atoms with Crippen LogP contribution in [0, 0.1) is 0 Å². The van der Waals surface area contributed by atoms with Crippen LogP contribution in [-0.2, 0) is 34.9 Å². The number of imidazole rings is 1. The monoisotopic (exact) mass is 846 g/mol. The van der Waals surface area contributed by atoms with Crippen molar-refractivity contribution < 1.29 is 79.2 Å². The van der Waals surface area contributed by atoms with E-state index in [2.05, 4.69) is 4.98 Å². The zero-order valence-corrected chi connectivity index (χ0v) is 31.9. The van der Waals surface area contributed by atoms with Gasteiger partial charge in [0.1, 0.15) is 77.9 Å². The van der Waals surface area contributed by atoms with Crippen LogP contribution in [0.5, 0.6) is 28.7 Å². The molecule has 2 fully saturated rings. The summed E-state index contributed by atoms with van der Waals surface area (Å²) in [6.45, 7) is 0.131. The van der Waals surface area contributed by atoms with Crippen LogP contribution in [0.2, 0.25) is 0 Å². The van der Waals surface area contributed by atoms with Crippen LogP contribution >= 0.6 is 0 Å². The van der Waals surface area contributed by atoms with Crippen LogP contribution in [0.4, 0.5) is 0 Å². The fourth-order valence-electron chi connectivity index (χ4n) is 6.92. The maximum absolute atomic E-state index is 14.2. The van der Waals surface area contributed by atoms with Gasteiger partial charge in [-0.3, -0.25) is 18.7 Å². The fraction of sp³-hybridized carbons (Fsp3) is 0.459. The number of aliphatic hydroxyl groups excluding tert-OH is 7. The van der Waals surface area contributed by atoms with Crippen molar-refractivity contribution in [2.24, 2.45) is 14.1 Å². The Bertz CT molecular complexity index is 2590. The molecule has 0 amide bonds. The number of aromatic nitrogens is 4. The van der Waals surface area contributed by atoms with Crippen LogP contribution in [-0.4, -0.2) is 150 Å². The molecular formula is C37H42N4O19. The smallest absolute Gasteiger partial charge is 0.332 e. The number of hydrogen-bond acceptors (Lipinski definition) is 20. The number of aromatic hydroxyl groups is 3. The van der Waals surface area contributed by atoms with Crippen molar-refractivity contribution in [2.75, 3.05) is 13.2 Å². The molecule has 0 bridgehead atoms. The quantitative estimate of drug-likeness (QED) is 0.0585. The molecule has 23 heteroatoms. The second-order valence-corrected chi connectivity index (χ2v) is 14.5. The van der Waals surface area contributed by atoms with E-state index in [0.29, 0.717) is 0 Å². The van der Waals surface area contributed by atoms with Crippen molar-refractivity contribution in [3.63, 3.8) is 0 Å². The Morgan fingerprint density at radius 2 is 1.52 bits per heavy atom. The molecule has 0 saturated carbocycles. The number of benzene rings is 2. The van der Waals surface area contributed by atoms with E-state index >= 15 is 0 Å². The molecule has 0 radical (unpaired) electrons. The van der Waals surface area contributed by atoms with E-state index in [9.17, 15) is 65.4 Å². The van der Waals surface area contributed by atoms with E-state index in [-0.39, 0.29) is 34.6 Å². The Labute approximate surface area is 335 Å². The highest BCUT2D eigenvalue weighted by atomic mass is 16.7. The van der Waals surface area contributed by atoms with Gasteiger partial charge in [-0.1, -0.05) is 0 Å². The van der Waals surface area contributed by atoms with Crippen molar-refractivity contribution in [1.82, 2.24) is 18.7 Å². The number of ether oxygens (including phenoxy) is 5. The summed E-state index contributed by atoms with van der Waals surface area (Å²) in [5, 5.41) is 105. The second kappa shape index (κ2) is 16.5. The summed E-state index contributed by atoms with van der Waals surface area (Å²) in [6, 6.07) is 5.50. The van der Waals surface area contributed by atoms with E-state index in [0.717, 1.165) is 22.8 Å². The summed E-state index contributed by atoms with van der Waals surface area (Å²) >= 11 is 0. The van der Waals surface area contributed by atoms with E-state index in [1.165, 1.54) is 48.6 Å². The van der Waals surface area contributed by atoms with Crippen molar-refractivity contribution >= 4 is 22.1 Å². The minimum atomic E-state index is -2.04. The maximum Gasteiger partial charge on any atom is 0.332 e. The molecule has 7 rings (SSSR count). The highest BCUT2D eigenvalue weighted by Crippen LogP contribution is 2.40. The van der Waals surface area contributed by atoms with E-state index in [4.69, 9.17) is 28.1 Å². The lowest BCUT2D eigenvalue weighted by Gasteiger charge is -2.42. The first-order valence-electron chi connectivity index (χ1n) is 18.3. The number of aryl methyl sites for hydroxylation is 1. The lowest BCUT2D eigenvalue weighted by molar-refractivity contribution is -0.318. The number of hydrogen-bond donors (Lipinski definition) is 10. The van der Waals surface area contributed by atoms with Gasteiger partial charge in [-0.15, -0.1) is 0 Å². The highest BCUT2D eigenvalue weighted by molar-refractivity contribution is 5.88. The molecule has 2 aliphatic rings. The molecule has 2 aliphatic heterocycles. The summed E-state index contributed by atoms with van der Waals surface area (Å²) in [5.74, 6) is -3.21. The number of rotatable bonds is 11. The van der Waals surface area contributed by atoms with Gasteiger partial charge in [0.15, 0.2) is 34.7 Å². The zero-order chi connectivity index (χ0) is 43.5. The Balaban J connectivity index is 1.16. The van der Waals surface area contributed by atoms with Crippen LogP contribution in [0.3, 0.4) is 0 Å². The van der Waals surface area contributed by atoms with Gasteiger partial charge < -0.3 is 83.7 Å². The Hall–Kier alpha value is -5.60. The molecule has 5 aromatic rings. The summed E-state index contributed by atoms with van der Waals surface area (Å²) in [5.41, 5.74) is -2.54. The number of phenolic OH excluding ortho intramolecular Hbond substituents is 3. The van der Waals surface area contributed by atoms with Crippen LogP contribution in [0.15, 0.2) is 55.5 Å². The van der Waals surface area contributed by atoms with Crippen LogP contribution in [0.25, 0.3) is 33.5 Å². The van der Waals surface area contributed by atoms with Gasteiger partial charge >= 0.3 is 5.69 Å². The number of fused-ring (bicyclic) bond motifs is 2. The molecular weight excluding hydrogens is 804 g/mol. The first-order valence-corrected chi connectivity index (χ1v) is 18.3. The SMILES string of the molecule is CC1OC(OCC2OC(Oc3c(-c4ccc(O)c(O)c4)oc4cc(OCC(O)Cn5cnc6c5c(=O)n(C)c(=O)n6C)cc(O)c4c3=O)C(O)C(O)C2O)C(O)C(O)C1O. The van der Waals surface area contributed by atoms with E-state index in [1.807, 2.05) is 0 Å². The molecule has 10 N–H and O–H groups in total. The number of aliphatic hydroxyl groups is 7. The van der Waals surface area contributed by atoms with Gasteiger partial charge in [-0.2, -0.15) is 0 Å². The molecule has 11 unspecified atom stereocenters. The molecule has 2 saturated heterocycles. The van der Waals surface area contributed by atoms with Gasteiger partial charge in [-0.05, 0) is 25.1 Å². The highest BCUT2D eigenvalue weighted by Gasteiger charge is 2.48. The lowest BCUT2D eigenvalue weighted by atomic mass is 9.98. The summed E-state index contributed by atoms with van der Waals surface area (Å²) < 4.78 is 37.6. The standard InChI is InChI=1S/C37H42N4O19/c1-13-24(46)27(49)29(51)35(57-13)56-11-21-25(47)28(50)30(52)36(59-21)60-32-26(48)22-19(45)7-16(8-20(22)58-31(32)14-4-5-17(43)18(44)6-14)55-10-15(42)9-41-12-38-33-23(41)34(53)40(3)37(54)39(33)2/h4-8,12-13,15,21,24-25,27-30,35-36,42-47,49-52H,9-11H2,1-3H3. The second-order valence-electron chi connectivity index (χ2n) is 14.5. The van der Waals surface area contributed by atoms with Gasteiger partial charge in [0.2, 0.25) is 17.5 Å². The average Bonchev–Trinajstić information content (AvgIpc) is 3.64. The minimum Gasteiger partial charge on any atom is -0.507 e. The Kier molecular flexibility index (Phi) is 11.7. The zero-order valence-electron chi connectivity index (χ0n) is 31.9.